The van der Waals surface area contributed by atoms with Gasteiger partial charge in [-0.1, -0.05) is 6.92 Å². The van der Waals surface area contributed by atoms with Crippen LogP contribution in [0.2, 0.25) is 0 Å². The number of piperidine rings is 1. The summed E-state index contributed by atoms with van der Waals surface area (Å²) in [6, 6.07) is 5.56. The van der Waals surface area contributed by atoms with E-state index in [2.05, 4.69) is 26.9 Å². The highest BCUT2D eigenvalue weighted by Crippen LogP contribution is 2.32. The number of aromatic amines is 1. The highest BCUT2D eigenvalue weighted by atomic mass is 32.2. The Morgan fingerprint density at radius 1 is 1.38 bits per heavy atom. The lowest BCUT2D eigenvalue weighted by Gasteiger charge is -2.28. The predicted octanol–water partition coefficient (Wildman–Crippen LogP) is 2.91. The summed E-state index contributed by atoms with van der Waals surface area (Å²) < 4.78 is 27.3. The number of hydrogen-bond acceptors (Lipinski definition) is 4. The number of anilines is 1. The Hall–Kier alpha value is -1.60. The maximum atomic E-state index is 12.3. The van der Waals surface area contributed by atoms with Gasteiger partial charge in [0.2, 0.25) is 10.0 Å². The van der Waals surface area contributed by atoms with Crippen molar-refractivity contribution in [3.8, 4) is 0 Å². The number of aromatic nitrogens is 2. The minimum absolute atomic E-state index is 0.411. The summed E-state index contributed by atoms with van der Waals surface area (Å²) >= 11 is 0. The lowest BCUT2D eigenvalue weighted by Crippen LogP contribution is -2.29. The van der Waals surface area contributed by atoms with Crippen molar-refractivity contribution in [1.82, 2.24) is 15.1 Å². The van der Waals surface area contributed by atoms with Crippen LogP contribution in [0.4, 0.5) is 5.69 Å². The number of hydrogen-bond donors (Lipinski definition) is 2. The van der Waals surface area contributed by atoms with Gasteiger partial charge in [0.1, 0.15) is 0 Å². The molecule has 1 aliphatic heterocycles. The molecule has 0 saturated carbocycles. The molecule has 0 aliphatic carbocycles. The van der Waals surface area contributed by atoms with Crippen LogP contribution in [0, 0.1) is 0 Å². The molecule has 1 atom stereocenters. The Balaban J connectivity index is 1.89. The summed E-state index contributed by atoms with van der Waals surface area (Å²) in [5, 5.41) is 8.17. The van der Waals surface area contributed by atoms with Gasteiger partial charge in [-0.3, -0.25) is 9.82 Å². The van der Waals surface area contributed by atoms with Gasteiger partial charge in [-0.25, -0.2) is 8.42 Å². The number of H-pyrrole nitrogens is 1. The van der Waals surface area contributed by atoms with Gasteiger partial charge in [-0.05, 0) is 64.5 Å². The van der Waals surface area contributed by atoms with Crippen molar-refractivity contribution in [2.24, 2.45) is 0 Å². The Bertz CT molecular complexity index is 807. The molecule has 1 aliphatic rings. The molecule has 1 saturated heterocycles. The monoisotopic (exact) mass is 350 g/mol. The van der Waals surface area contributed by atoms with Crippen LogP contribution < -0.4 is 4.72 Å². The predicted molar refractivity (Wildman–Crippen MR) is 97.9 cm³/mol. The number of nitrogens with one attached hydrogen (secondary N) is 2. The van der Waals surface area contributed by atoms with Crippen LogP contribution >= 0.6 is 0 Å². The van der Waals surface area contributed by atoms with E-state index in [9.17, 15) is 8.42 Å². The molecular formula is C17H26N4O2S. The highest BCUT2D eigenvalue weighted by molar-refractivity contribution is 7.93. The van der Waals surface area contributed by atoms with E-state index in [1.807, 2.05) is 19.1 Å². The van der Waals surface area contributed by atoms with Crippen molar-refractivity contribution in [3.63, 3.8) is 0 Å². The summed E-state index contributed by atoms with van der Waals surface area (Å²) in [5.74, 6) is 0.452. The van der Waals surface area contributed by atoms with Crippen molar-refractivity contribution in [1.29, 1.82) is 0 Å². The standard InChI is InChI=1S/C17H26N4O2S/c1-4-12(2)24(22,23)20-14-5-6-16-15(11-14)17(19-18-16)13-7-9-21(3)10-8-13/h5-6,11-13,20H,4,7-10H2,1-3H3,(H,18,19). The first-order chi connectivity index (χ1) is 11.4. The van der Waals surface area contributed by atoms with Gasteiger partial charge in [0.15, 0.2) is 0 Å². The third-order valence-electron chi connectivity index (χ3n) is 5.08. The van der Waals surface area contributed by atoms with Crippen LogP contribution in [0.25, 0.3) is 10.9 Å². The minimum atomic E-state index is -3.35. The van der Waals surface area contributed by atoms with Crippen LogP contribution in [0.5, 0.6) is 0 Å². The molecule has 2 heterocycles. The van der Waals surface area contributed by atoms with E-state index in [1.165, 1.54) is 0 Å². The average molecular weight is 350 g/mol. The van der Waals surface area contributed by atoms with Crippen LogP contribution in [-0.4, -0.2) is 48.9 Å². The average Bonchev–Trinajstić information content (AvgIpc) is 2.97. The Labute approximate surface area is 143 Å². The molecule has 0 amide bonds. The summed E-state index contributed by atoms with van der Waals surface area (Å²) in [7, 11) is -1.21. The van der Waals surface area contributed by atoms with Crippen LogP contribution in [0.3, 0.4) is 0 Å². The largest absolute Gasteiger partial charge is 0.306 e. The second-order valence-corrected chi connectivity index (χ2v) is 8.91. The fourth-order valence-electron chi connectivity index (χ4n) is 3.19. The van der Waals surface area contributed by atoms with Gasteiger partial charge < -0.3 is 4.90 Å². The highest BCUT2D eigenvalue weighted by Gasteiger charge is 2.23. The molecule has 3 rings (SSSR count). The van der Waals surface area contributed by atoms with Crippen LogP contribution in [0.1, 0.15) is 44.7 Å². The molecular weight excluding hydrogens is 324 g/mol. The van der Waals surface area contributed by atoms with E-state index in [0.29, 0.717) is 18.0 Å². The first-order valence-corrected chi connectivity index (χ1v) is 10.1. The van der Waals surface area contributed by atoms with E-state index in [-0.39, 0.29) is 0 Å². The molecule has 1 fully saturated rings. The SMILES string of the molecule is CCC(C)S(=O)(=O)Nc1ccc2n[nH]c(C3CCN(C)CC3)c2c1. The van der Waals surface area contributed by atoms with Crippen molar-refractivity contribution in [3.05, 3.63) is 23.9 Å². The molecule has 0 radical (unpaired) electrons. The van der Waals surface area contributed by atoms with Gasteiger partial charge in [0.05, 0.1) is 10.8 Å². The molecule has 0 bridgehead atoms. The first kappa shape index (κ1) is 17.2. The van der Waals surface area contributed by atoms with Crippen molar-refractivity contribution in [2.75, 3.05) is 24.9 Å². The Morgan fingerprint density at radius 2 is 2.08 bits per heavy atom. The lowest BCUT2D eigenvalue weighted by molar-refractivity contribution is 0.254. The van der Waals surface area contributed by atoms with Gasteiger partial charge in [-0.2, -0.15) is 5.10 Å². The number of nitrogens with zero attached hydrogens (tertiary/aromatic N) is 2. The second kappa shape index (κ2) is 6.72. The Morgan fingerprint density at radius 3 is 2.75 bits per heavy atom. The van der Waals surface area contributed by atoms with E-state index >= 15 is 0 Å². The number of likely N-dealkylation sites (tertiary alicyclic amines) is 1. The summed E-state index contributed by atoms with van der Waals surface area (Å²) in [6.45, 7) is 5.75. The van der Waals surface area contributed by atoms with Gasteiger partial charge in [-0.15, -0.1) is 0 Å². The molecule has 1 aromatic heterocycles. The molecule has 7 heteroatoms. The summed E-state index contributed by atoms with van der Waals surface area (Å²) in [4.78, 5) is 2.33. The third-order valence-corrected chi connectivity index (χ3v) is 6.99. The van der Waals surface area contributed by atoms with Crippen molar-refractivity contribution >= 4 is 26.6 Å². The molecule has 132 valence electrons. The van der Waals surface area contributed by atoms with Gasteiger partial charge >= 0.3 is 0 Å². The quantitative estimate of drug-likeness (QED) is 0.869. The van der Waals surface area contributed by atoms with E-state index in [1.54, 1.807) is 13.0 Å². The zero-order valence-electron chi connectivity index (χ0n) is 14.5. The van der Waals surface area contributed by atoms with Gasteiger partial charge in [0.25, 0.3) is 0 Å². The van der Waals surface area contributed by atoms with Crippen molar-refractivity contribution in [2.45, 2.75) is 44.3 Å². The first-order valence-electron chi connectivity index (χ1n) is 8.59. The van der Waals surface area contributed by atoms with E-state index in [0.717, 1.165) is 42.5 Å². The summed E-state index contributed by atoms with van der Waals surface area (Å²) in [6.07, 6.45) is 2.78. The molecule has 24 heavy (non-hydrogen) atoms. The molecule has 2 N–H and O–H groups in total. The van der Waals surface area contributed by atoms with Gasteiger partial charge in [0, 0.05) is 22.7 Å². The maximum Gasteiger partial charge on any atom is 0.235 e. The number of sulfonamides is 1. The topological polar surface area (TPSA) is 78.1 Å². The number of fused-ring (bicyclic) bond motifs is 1. The smallest absolute Gasteiger partial charge is 0.235 e. The summed E-state index contributed by atoms with van der Waals surface area (Å²) in [5.41, 5.74) is 2.62. The number of rotatable bonds is 5. The fraction of sp³-hybridized carbons (Fsp3) is 0.588. The lowest BCUT2D eigenvalue weighted by atomic mass is 9.92. The molecule has 6 nitrogen and oxygen atoms in total. The molecule has 1 aromatic carbocycles. The number of benzene rings is 1. The second-order valence-electron chi connectivity index (χ2n) is 6.81. The maximum absolute atomic E-state index is 12.3. The minimum Gasteiger partial charge on any atom is -0.306 e. The fourth-order valence-corrected chi connectivity index (χ4v) is 4.28. The van der Waals surface area contributed by atoms with E-state index < -0.39 is 15.3 Å². The third kappa shape index (κ3) is 3.42. The van der Waals surface area contributed by atoms with E-state index in [4.69, 9.17) is 0 Å². The normalized spacial score (nSPS) is 18.8. The molecule has 2 aromatic rings. The van der Waals surface area contributed by atoms with Crippen molar-refractivity contribution < 1.29 is 8.42 Å². The zero-order valence-corrected chi connectivity index (χ0v) is 15.4. The van der Waals surface area contributed by atoms with Crippen LogP contribution in [-0.2, 0) is 10.0 Å². The molecule has 1 unspecified atom stereocenters. The Kier molecular flexibility index (Phi) is 4.83. The molecule has 0 spiro atoms. The van der Waals surface area contributed by atoms with Crippen LogP contribution in [0.15, 0.2) is 18.2 Å². The zero-order chi connectivity index (χ0) is 17.3.